The summed E-state index contributed by atoms with van der Waals surface area (Å²) in [5.41, 5.74) is 2.75. The summed E-state index contributed by atoms with van der Waals surface area (Å²) < 4.78 is 35.7. The molecule has 1 aromatic heterocycles. The van der Waals surface area contributed by atoms with Crippen molar-refractivity contribution in [2.45, 2.75) is 104 Å². The smallest absolute Gasteiger partial charge is 0.176 e. The lowest BCUT2D eigenvalue weighted by atomic mass is 9.86. The summed E-state index contributed by atoms with van der Waals surface area (Å²) in [7, 11) is 0. The maximum Gasteiger partial charge on any atom is 0.176 e. The largest absolute Gasteiger partial charge is 0.486 e. The van der Waals surface area contributed by atoms with Gasteiger partial charge in [0.05, 0.1) is 49.4 Å². The van der Waals surface area contributed by atoms with Crippen LogP contribution in [0, 0.1) is 0 Å². The highest BCUT2D eigenvalue weighted by atomic mass is 32.1. The van der Waals surface area contributed by atoms with Crippen LogP contribution in [0.2, 0.25) is 0 Å². The van der Waals surface area contributed by atoms with Gasteiger partial charge in [0.25, 0.3) is 0 Å². The SMILES string of the molecule is C=C=CCCCCOCCOCCOc1c(C(C)(C)CC)sc(C(C)(C)CC)c1OCCOCCOCCCC. The molecule has 0 aromatic carbocycles. The number of hydrogen-bond donors (Lipinski definition) is 0. The van der Waals surface area contributed by atoms with E-state index in [1.807, 2.05) is 17.4 Å². The fourth-order valence-corrected chi connectivity index (χ4v) is 5.26. The Morgan fingerprint density at radius 1 is 0.625 bits per heavy atom. The summed E-state index contributed by atoms with van der Waals surface area (Å²) in [6.45, 7) is 25.2. The Morgan fingerprint density at radius 3 is 1.48 bits per heavy atom. The highest BCUT2D eigenvalue weighted by Crippen LogP contribution is 2.53. The van der Waals surface area contributed by atoms with Gasteiger partial charge in [-0.25, -0.2) is 0 Å². The van der Waals surface area contributed by atoms with Gasteiger partial charge in [-0.3, -0.25) is 0 Å². The number of unbranched alkanes of at least 4 members (excludes halogenated alkanes) is 3. The van der Waals surface area contributed by atoms with Gasteiger partial charge < -0.3 is 28.4 Å². The molecule has 1 aromatic rings. The molecule has 0 radical (unpaired) electrons. The molecule has 7 heteroatoms. The number of thiophene rings is 1. The molecule has 0 aliphatic carbocycles. The lowest BCUT2D eigenvalue weighted by Gasteiger charge is -2.23. The summed E-state index contributed by atoms with van der Waals surface area (Å²) in [6, 6.07) is 0. The van der Waals surface area contributed by atoms with E-state index in [1.54, 1.807) is 0 Å². The molecule has 0 spiro atoms. The van der Waals surface area contributed by atoms with Crippen LogP contribution in [0.5, 0.6) is 11.5 Å². The van der Waals surface area contributed by atoms with Gasteiger partial charge in [0.2, 0.25) is 0 Å². The Labute approximate surface area is 249 Å². The molecule has 0 atom stereocenters. The monoisotopic (exact) mass is 582 g/mol. The van der Waals surface area contributed by atoms with Gasteiger partial charge in [-0.2, -0.15) is 0 Å². The van der Waals surface area contributed by atoms with Crippen LogP contribution in [-0.4, -0.2) is 66.1 Å². The van der Waals surface area contributed by atoms with Crippen molar-refractivity contribution in [2.24, 2.45) is 0 Å². The average Bonchev–Trinajstić information content (AvgIpc) is 3.32. The number of hydrogen-bond acceptors (Lipinski definition) is 7. The van der Waals surface area contributed by atoms with Crippen molar-refractivity contribution in [2.75, 3.05) is 66.1 Å². The number of rotatable bonds is 26. The van der Waals surface area contributed by atoms with Crippen LogP contribution in [0.15, 0.2) is 18.4 Å². The van der Waals surface area contributed by atoms with Crippen molar-refractivity contribution < 1.29 is 28.4 Å². The van der Waals surface area contributed by atoms with Crippen LogP contribution in [0.3, 0.4) is 0 Å². The summed E-state index contributed by atoms with van der Waals surface area (Å²) >= 11 is 1.83. The predicted molar refractivity (Wildman–Crippen MR) is 168 cm³/mol. The fraction of sp³-hybridized carbons (Fsp3) is 0.788. The molecule has 0 bridgehead atoms. The third kappa shape index (κ3) is 14.0. The molecule has 0 aliphatic rings. The molecule has 0 saturated heterocycles. The topological polar surface area (TPSA) is 55.4 Å². The second-order valence-corrected chi connectivity index (χ2v) is 12.3. The van der Waals surface area contributed by atoms with Crippen LogP contribution in [0.4, 0.5) is 0 Å². The van der Waals surface area contributed by atoms with E-state index in [-0.39, 0.29) is 10.8 Å². The van der Waals surface area contributed by atoms with Crippen molar-refractivity contribution in [1.29, 1.82) is 0 Å². The number of ether oxygens (including phenoxy) is 6. The molecule has 40 heavy (non-hydrogen) atoms. The van der Waals surface area contributed by atoms with E-state index in [4.69, 9.17) is 28.4 Å². The van der Waals surface area contributed by atoms with E-state index in [9.17, 15) is 0 Å². The summed E-state index contributed by atoms with van der Waals surface area (Å²) in [5.74, 6) is 1.73. The molecule has 1 heterocycles. The molecule has 0 saturated carbocycles. The molecule has 0 unspecified atom stereocenters. The first-order chi connectivity index (χ1) is 19.2. The third-order valence-electron chi connectivity index (χ3n) is 7.19. The van der Waals surface area contributed by atoms with Crippen LogP contribution in [0.1, 0.15) is 103 Å². The fourth-order valence-electron chi connectivity index (χ4n) is 3.72. The predicted octanol–water partition coefficient (Wildman–Crippen LogP) is 8.26. The quantitative estimate of drug-likeness (QED) is 0.0810. The molecule has 0 amide bonds. The van der Waals surface area contributed by atoms with Gasteiger partial charge >= 0.3 is 0 Å². The lowest BCUT2D eigenvalue weighted by Crippen LogP contribution is -2.18. The standard InChI is InChI=1S/C33H58O6S/c1-9-13-15-16-17-19-35-21-23-37-25-27-39-29-28(38-26-24-36-22-20-34-18-14-10-2)30(32(5,6)11-3)40-31(29)33(7,8)12-4/h13H,1,10-12,14-27H2,2-8H3. The second kappa shape index (κ2) is 21.4. The van der Waals surface area contributed by atoms with E-state index < -0.39 is 0 Å². The van der Waals surface area contributed by atoms with Crippen LogP contribution >= 0.6 is 11.3 Å². The zero-order valence-electron chi connectivity index (χ0n) is 26.7. The molecular formula is C33H58O6S. The van der Waals surface area contributed by atoms with Gasteiger partial charge in [-0.15, -0.1) is 17.1 Å². The maximum atomic E-state index is 6.44. The van der Waals surface area contributed by atoms with E-state index >= 15 is 0 Å². The first-order valence-electron chi connectivity index (χ1n) is 15.3. The summed E-state index contributed by atoms with van der Waals surface area (Å²) in [5, 5.41) is 0. The zero-order valence-corrected chi connectivity index (χ0v) is 27.5. The Hall–Kier alpha value is -1.34. The third-order valence-corrected chi connectivity index (χ3v) is 9.07. The van der Waals surface area contributed by atoms with Gasteiger partial charge in [-0.1, -0.05) is 61.5 Å². The van der Waals surface area contributed by atoms with Crippen molar-refractivity contribution >= 4 is 11.3 Å². The minimum absolute atomic E-state index is 0.0238. The van der Waals surface area contributed by atoms with Crippen molar-refractivity contribution in [1.82, 2.24) is 0 Å². The molecule has 0 N–H and O–H groups in total. The molecular weight excluding hydrogens is 524 g/mol. The Kier molecular flexibility index (Phi) is 19.6. The minimum Gasteiger partial charge on any atom is -0.486 e. The molecule has 1 rings (SSSR count). The van der Waals surface area contributed by atoms with E-state index in [0.29, 0.717) is 52.9 Å². The molecule has 0 aliphatic heterocycles. The molecule has 232 valence electrons. The van der Waals surface area contributed by atoms with Crippen molar-refractivity contribution in [3.63, 3.8) is 0 Å². The zero-order chi connectivity index (χ0) is 29.7. The lowest BCUT2D eigenvalue weighted by molar-refractivity contribution is 0.0321. The Bertz CT molecular complexity index is 825. The highest BCUT2D eigenvalue weighted by Gasteiger charge is 2.35. The average molecular weight is 583 g/mol. The molecule has 6 nitrogen and oxygen atoms in total. The van der Waals surface area contributed by atoms with Crippen LogP contribution in [-0.2, 0) is 29.8 Å². The molecule has 0 fully saturated rings. The van der Waals surface area contributed by atoms with E-state index in [0.717, 1.165) is 69.7 Å². The summed E-state index contributed by atoms with van der Waals surface area (Å²) in [4.78, 5) is 2.48. The minimum atomic E-state index is -0.0251. The van der Waals surface area contributed by atoms with Gasteiger partial charge in [0.15, 0.2) is 11.5 Å². The van der Waals surface area contributed by atoms with Crippen molar-refractivity contribution in [3.05, 3.63) is 28.1 Å². The van der Waals surface area contributed by atoms with Crippen LogP contribution in [0.25, 0.3) is 0 Å². The number of allylic oxidation sites excluding steroid dienone is 1. The maximum absolute atomic E-state index is 6.44. The summed E-state index contributed by atoms with van der Waals surface area (Å²) in [6.07, 6.45) is 9.34. The van der Waals surface area contributed by atoms with Gasteiger partial charge in [-0.05, 0) is 44.6 Å². The Morgan fingerprint density at radius 2 is 1.05 bits per heavy atom. The second-order valence-electron chi connectivity index (χ2n) is 11.3. The normalized spacial score (nSPS) is 12.0. The van der Waals surface area contributed by atoms with Crippen molar-refractivity contribution in [3.8, 4) is 11.5 Å². The first-order valence-corrected chi connectivity index (χ1v) is 16.1. The van der Waals surface area contributed by atoms with Gasteiger partial charge in [0, 0.05) is 24.0 Å². The highest BCUT2D eigenvalue weighted by molar-refractivity contribution is 7.13. The van der Waals surface area contributed by atoms with Gasteiger partial charge in [0.1, 0.15) is 13.2 Å². The first kappa shape index (κ1) is 36.7. The Balaban J connectivity index is 2.73. The van der Waals surface area contributed by atoms with E-state index in [1.165, 1.54) is 9.75 Å². The van der Waals surface area contributed by atoms with E-state index in [2.05, 4.69) is 60.8 Å². The van der Waals surface area contributed by atoms with Crippen LogP contribution < -0.4 is 9.47 Å².